The van der Waals surface area contributed by atoms with Gasteiger partial charge in [-0.25, -0.2) is 4.68 Å². The van der Waals surface area contributed by atoms with E-state index in [4.69, 9.17) is 10.3 Å². The summed E-state index contributed by atoms with van der Waals surface area (Å²) in [6, 6.07) is 15.4. The number of hydrogen-bond acceptors (Lipinski definition) is 7. The van der Waals surface area contributed by atoms with Gasteiger partial charge in [-0.2, -0.15) is 10.1 Å². The largest absolute Gasteiger partial charge is 0.383 e. The summed E-state index contributed by atoms with van der Waals surface area (Å²) >= 11 is 1.39. The summed E-state index contributed by atoms with van der Waals surface area (Å²) in [6.07, 6.45) is 1.88. The molecule has 0 unspecified atom stereocenters. The lowest BCUT2D eigenvalue weighted by atomic mass is 10.1. The van der Waals surface area contributed by atoms with E-state index < -0.39 is 0 Å². The second-order valence-electron chi connectivity index (χ2n) is 7.08. The first kappa shape index (κ1) is 20.7. The molecule has 0 atom stereocenters. The predicted octanol–water partition coefficient (Wildman–Crippen LogP) is 4.16. The van der Waals surface area contributed by atoms with Crippen LogP contribution in [0, 0.1) is 13.8 Å². The smallest absolute Gasteiger partial charge is 0.264 e. The molecule has 31 heavy (non-hydrogen) atoms. The number of carbonyl (C=O) groups is 1. The van der Waals surface area contributed by atoms with Crippen molar-refractivity contribution in [2.24, 2.45) is 0 Å². The lowest BCUT2D eigenvalue weighted by Crippen LogP contribution is -2.21. The Labute approximate surface area is 183 Å². The van der Waals surface area contributed by atoms with Crippen molar-refractivity contribution in [3.05, 3.63) is 59.7 Å². The summed E-state index contributed by atoms with van der Waals surface area (Å²) in [7, 11) is 0. The Morgan fingerprint density at radius 2 is 2.00 bits per heavy atom. The summed E-state index contributed by atoms with van der Waals surface area (Å²) < 4.78 is 6.94. The molecular formula is C22H22N6O2S. The Bertz CT molecular complexity index is 1250. The minimum Gasteiger partial charge on any atom is -0.383 e. The second kappa shape index (κ2) is 8.65. The lowest BCUT2D eigenvalue weighted by Gasteiger charge is -2.08. The number of nitrogens with zero attached hydrogens (tertiary/aromatic N) is 4. The number of anilines is 2. The van der Waals surface area contributed by atoms with Crippen LogP contribution in [0.1, 0.15) is 11.1 Å². The first-order valence-corrected chi connectivity index (χ1v) is 10.9. The van der Waals surface area contributed by atoms with Crippen LogP contribution in [0.3, 0.4) is 0 Å². The van der Waals surface area contributed by atoms with Gasteiger partial charge in [-0.1, -0.05) is 47.1 Å². The van der Waals surface area contributed by atoms with Crippen LogP contribution in [0.15, 0.2) is 58.1 Å². The molecule has 0 saturated heterocycles. The molecule has 0 spiro atoms. The molecule has 0 aliphatic rings. The van der Waals surface area contributed by atoms with E-state index in [0.717, 1.165) is 22.4 Å². The molecule has 8 nitrogen and oxygen atoms in total. The molecule has 2 aromatic heterocycles. The molecule has 0 fully saturated rings. The van der Waals surface area contributed by atoms with Crippen molar-refractivity contribution in [1.82, 2.24) is 19.9 Å². The van der Waals surface area contributed by atoms with Crippen LogP contribution in [0.25, 0.3) is 22.8 Å². The number of thioether (sulfide) groups is 1. The molecular weight excluding hydrogens is 412 g/mol. The van der Waals surface area contributed by atoms with Crippen molar-refractivity contribution in [1.29, 1.82) is 0 Å². The number of aromatic nitrogens is 4. The van der Waals surface area contributed by atoms with Crippen molar-refractivity contribution in [2.75, 3.05) is 17.3 Å². The van der Waals surface area contributed by atoms with Crippen LogP contribution in [0.5, 0.6) is 0 Å². The van der Waals surface area contributed by atoms with Crippen LogP contribution >= 0.6 is 11.8 Å². The van der Waals surface area contributed by atoms with Gasteiger partial charge in [0.05, 0.1) is 0 Å². The zero-order valence-electron chi connectivity index (χ0n) is 17.4. The fourth-order valence-corrected chi connectivity index (χ4v) is 3.76. The fourth-order valence-electron chi connectivity index (χ4n) is 3.18. The molecule has 0 aliphatic heterocycles. The zero-order valence-corrected chi connectivity index (χ0v) is 18.2. The van der Waals surface area contributed by atoms with Gasteiger partial charge in [0, 0.05) is 11.3 Å². The molecule has 0 aliphatic carbocycles. The second-order valence-corrected chi connectivity index (χ2v) is 7.88. The first-order chi connectivity index (χ1) is 15.0. The standard InChI is InChI=1S/C22H22N6O2S/c1-13-7-6-9-15(11-13)20-25-21(30-27-20)18-19(23)28(26-22(18)31-3)12-17(29)24-16-10-5-4-8-14(16)2/h4-11H,12,23H2,1-3H3,(H,24,29). The van der Waals surface area contributed by atoms with E-state index in [1.165, 1.54) is 16.4 Å². The highest BCUT2D eigenvalue weighted by Crippen LogP contribution is 2.35. The van der Waals surface area contributed by atoms with E-state index in [2.05, 4.69) is 20.6 Å². The lowest BCUT2D eigenvalue weighted by molar-refractivity contribution is -0.116. The summed E-state index contributed by atoms with van der Waals surface area (Å²) in [6.45, 7) is 3.90. The summed E-state index contributed by atoms with van der Waals surface area (Å²) in [5.74, 6) is 0.802. The molecule has 2 aromatic carbocycles. The van der Waals surface area contributed by atoms with Crippen molar-refractivity contribution in [2.45, 2.75) is 25.4 Å². The molecule has 0 saturated carbocycles. The van der Waals surface area contributed by atoms with Crippen LogP contribution in [0.4, 0.5) is 11.5 Å². The Morgan fingerprint density at radius 1 is 1.19 bits per heavy atom. The van der Waals surface area contributed by atoms with E-state index in [-0.39, 0.29) is 18.3 Å². The molecule has 4 rings (SSSR count). The Kier molecular flexibility index (Phi) is 5.77. The number of aryl methyl sites for hydroxylation is 2. The minimum absolute atomic E-state index is 0.0351. The molecule has 0 bridgehead atoms. The monoisotopic (exact) mass is 434 g/mol. The third kappa shape index (κ3) is 4.31. The van der Waals surface area contributed by atoms with E-state index in [0.29, 0.717) is 22.2 Å². The average Bonchev–Trinajstić information content (AvgIpc) is 3.34. The molecule has 158 valence electrons. The van der Waals surface area contributed by atoms with E-state index in [1.807, 2.05) is 68.6 Å². The van der Waals surface area contributed by atoms with E-state index in [9.17, 15) is 4.79 Å². The van der Waals surface area contributed by atoms with Gasteiger partial charge < -0.3 is 15.6 Å². The molecule has 1 amide bonds. The summed E-state index contributed by atoms with van der Waals surface area (Å²) in [5, 5.41) is 12.1. The number of rotatable bonds is 6. The van der Waals surface area contributed by atoms with E-state index >= 15 is 0 Å². The van der Waals surface area contributed by atoms with Gasteiger partial charge in [0.15, 0.2) is 0 Å². The molecule has 0 radical (unpaired) electrons. The Morgan fingerprint density at radius 3 is 2.74 bits per heavy atom. The van der Waals surface area contributed by atoms with Crippen LogP contribution in [0.2, 0.25) is 0 Å². The number of para-hydroxylation sites is 1. The molecule has 3 N–H and O–H groups in total. The van der Waals surface area contributed by atoms with Crippen molar-refractivity contribution in [3.63, 3.8) is 0 Å². The van der Waals surface area contributed by atoms with Crippen LogP contribution in [-0.4, -0.2) is 32.1 Å². The van der Waals surface area contributed by atoms with Crippen molar-refractivity contribution in [3.8, 4) is 22.8 Å². The molecule has 9 heteroatoms. The summed E-state index contributed by atoms with van der Waals surface area (Å²) in [4.78, 5) is 17.1. The maximum atomic E-state index is 12.6. The van der Waals surface area contributed by atoms with Crippen molar-refractivity contribution < 1.29 is 9.32 Å². The topological polar surface area (TPSA) is 112 Å². The number of benzene rings is 2. The first-order valence-electron chi connectivity index (χ1n) is 9.63. The summed E-state index contributed by atoms with van der Waals surface area (Å²) in [5.41, 5.74) is 10.5. The normalized spacial score (nSPS) is 10.9. The number of amides is 1. The van der Waals surface area contributed by atoms with Gasteiger partial charge in [0.1, 0.15) is 23.0 Å². The average molecular weight is 435 g/mol. The quantitative estimate of drug-likeness (QED) is 0.438. The number of nitrogens with one attached hydrogen (secondary N) is 1. The van der Waals surface area contributed by atoms with Gasteiger partial charge in [-0.05, 0) is 37.8 Å². The number of nitrogens with two attached hydrogens (primary N) is 1. The van der Waals surface area contributed by atoms with Gasteiger partial charge >= 0.3 is 0 Å². The number of carbonyl (C=O) groups excluding carboxylic acids is 1. The zero-order chi connectivity index (χ0) is 22.0. The maximum absolute atomic E-state index is 12.6. The van der Waals surface area contributed by atoms with Gasteiger partial charge in [0.25, 0.3) is 5.89 Å². The Hall–Kier alpha value is -3.59. The fraction of sp³-hybridized carbons (Fsp3) is 0.182. The van der Waals surface area contributed by atoms with Gasteiger partial charge in [-0.3, -0.25) is 4.79 Å². The number of hydrogen-bond donors (Lipinski definition) is 2. The Balaban J connectivity index is 1.60. The van der Waals surface area contributed by atoms with Crippen molar-refractivity contribution >= 4 is 29.2 Å². The highest BCUT2D eigenvalue weighted by Gasteiger charge is 2.24. The third-order valence-electron chi connectivity index (χ3n) is 4.78. The number of nitrogen functional groups attached to an aromatic ring is 1. The van der Waals surface area contributed by atoms with Gasteiger partial charge in [-0.15, -0.1) is 11.8 Å². The molecule has 2 heterocycles. The highest BCUT2D eigenvalue weighted by molar-refractivity contribution is 7.98. The highest BCUT2D eigenvalue weighted by atomic mass is 32.2. The SMILES string of the molecule is CSc1nn(CC(=O)Nc2ccccc2C)c(N)c1-c1nc(-c2cccc(C)c2)no1. The molecule has 4 aromatic rings. The predicted molar refractivity (Wildman–Crippen MR) is 122 cm³/mol. The van der Waals surface area contributed by atoms with Crippen LogP contribution < -0.4 is 11.1 Å². The minimum atomic E-state index is -0.228. The van der Waals surface area contributed by atoms with E-state index in [1.54, 1.807) is 0 Å². The maximum Gasteiger partial charge on any atom is 0.264 e. The van der Waals surface area contributed by atoms with Gasteiger partial charge in [0.2, 0.25) is 11.7 Å². The third-order valence-corrected chi connectivity index (χ3v) is 5.45. The van der Waals surface area contributed by atoms with Crippen LogP contribution in [-0.2, 0) is 11.3 Å².